The molecule has 16 heteroatoms. The Bertz CT molecular complexity index is 826. The van der Waals surface area contributed by atoms with E-state index in [0.717, 1.165) is 12.1 Å². The Morgan fingerprint density at radius 3 is 1.45 bits per heavy atom. The molecule has 0 heterocycles. The minimum absolute atomic E-state index is 0.168. The van der Waals surface area contributed by atoms with Crippen LogP contribution < -0.4 is 0 Å². The second-order valence-corrected chi connectivity index (χ2v) is 6.13. The van der Waals surface area contributed by atoms with Gasteiger partial charge in [0.25, 0.3) is 5.24 Å². The molecule has 176 valence electrons. The van der Waals surface area contributed by atoms with Gasteiger partial charge in [0, 0.05) is 0 Å². The van der Waals surface area contributed by atoms with Crippen molar-refractivity contribution in [2.24, 2.45) is 0 Å². The van der Waals surface area contributed by atoms with Crippen molar-refractivity contribution in [3.63, 3.8) is 0 Å². The fourth-order valence-electron chi connectivity index (χ4n) is 1.85. The van der Waals surface area contributed by atoms with Gasteiger partial charge in [0.2, 0.25) is 0 Å². The van der Waals surface area contributed by atoms with Crippen LogP contribution in [0.4, 0.5) is 52.7 Å². The molecule has 0 aliphatic heterocycles. The maximum Gasteiger partial charge on any atom is 0.410 e. The molecule has 1 rings (SSSR count). The van der Waals surface area contributed by atoms with Gasteiger partial charge in [-0.05, 0) is 17.2 Å². The van der Waals surface area contributed by atoms with Crippen molar-refractivity contribution >= 4 is 22.8 Å². The van der Waals surface area contributed by atoms with Crippen LogP contribution in [0.15, 0.2) is 30.3 Å². The number of hydrogen-bond acceptors (Lipinski definition) is 3. The van der Waals surface area contributed by atoms with Gasteiger partial charge >= 0.3 is 41.5 Å². The monoisotopic (exact) mass is 498 g/mol. The highest BCUT2D eigenvalue weighted by Crippen LogP contribution is 2.60. The van der Waals surface area contributed by atoms with E-state index in [0.29, 0.717) is 0 Å². The van der Waals surface area contributed by atoms with Crippen molar-refractivity contribution in [1.82, 2.24) is 0 Å². The number of carbonyl (C=O) groups is 2. The third kappa shape index (κ3) is 4.03. The van der Waals surface area contributed by atoms with Gasteiger partial charge in [-0.1, -0.05) is 30.3 Å². The van der Waals surface area contributed by atoms with E-state index in [1.165, 1.54) is 18.2 Å². The maximum atomic E-state index is 13.6. The van der Waals surface area contributed by atoms with Crippen LogP contribution in [0, 0.1) is 0 Å². The normalized spacial score (nSPS) is 14.4. The highest BCUT2D eigenvalue weighted by atomic mass is 35.5. The van der Waals surface area contributed by atoms with Crippen LogP contribution in [0.1, 0.15) is 5.56 Å². The molecule has 0 radical (unpaired) electrons. The predicted molar refractivity (Wildman–Crippen MR) is 76.8 cm³/mol. The van der Waals surface area contributed by atoms with Gasteiger partial charge in [-0.25, -0.2) is 4.79 Å². The van der Waals surface area contributed by atoms with Crippen molar-refractivity contribution in [2.45, 2.75) is 42.1 Å². The molecule has 0 fully saturated rings. The Morgan fingerprint density at radius 2 is 1.06 bits per heavy atom. The van der Waals surface area contributed by atoms with Crippen molar-refractivity contribution in [2.75, 3.05) is 0 Å². The number of alkyl halides is 12. The summed E-state index contributed by atoms with van der Waals surface area (Å²) in [7, 11) is 0. The largest absolute Gasteiger partial charge is 0.456 e. The molecule has 0 amide bonds. The van der Waals surface area contributed by atoms with Gasteiger partial charge in [-0.3, -0.25) is 4.79 Å². The first-order valence-electron chi connectivity index (χ1n) is 7.37. The summed E-state index contributed by atoms with van der Waals surface area (Å²) in [4.78, 5) is 21.4. The zero-order chi connectivity index (χ0) is 24.7. The zero-order valence-electron chi connectivity index (χ0n) is 14.2. The molecular formula is C15H7ClF12O3. The van der Waals surface area contributed by atoms with Crippen LogP contribution in [-0.4, -0.2) is 46.7 Å². The second-order valence-electron chi connectivity index (χ2n) is 5.78. The van der Waals surface area contributed by atoms with Crippen molar-refractivity contribution in [3.8, 4) is 0 Å². The van der Waals surface area contributed by atoms with E-state index in [-0.39, 0.29) is 5.56 Å². The van der Waals surface area contributed by atoms with Crippen LogP contribution in [0.3, 0.4) is 0 Å². The SMILES string of the molecule is O=C(Cl)C(F)(F)C(F)(F)C(F)(F)C(F)(F)C(F)(F)C(F)(F)C(=O)OCc1ccccc1. The number of rotatable bonds is 9. The first-order valence-corrected chi connectivity index (χ1v) is 7.75. The quantitative estimate of drug-likeness (QED) is 0.263. The van der Waals surface area contributed by atoms with Crippen LogP contribution >= 0.6 is 11.6 Å². The number of halogens is 13. The summed E-state index contributed by atoms with van der Waals surface area (Å²) < 4.78 is 164. The first kappa shape index (κ1) is 26.8. The fraction of sp³-hybridized carbons (Fsp3) is 0.467. The molecule has 1 aromatic rings. The molecular weight excluding hydrogens is 492 g/mol. The average molecular weight is 499 g/mol. The number of hydrogen-bond donors (Lipinski definition) is 0. The molecule has 0 saturated carbocycles. The lowest BCUT2D eigenvalue weighted by molar-refractivity contribution is -0.415. The van der Waals surface area contributed by atoms with Crippen LogP contribution in [0.25, 0.3) is 0 Å². The molecule has 0 bridgehead atoms. The molecule has 0 atom stereocenters. The van der Waals surface area contributed by atoms with Gasteiger partial charge in [0.05, 0.1) is 0 Å². The highest BCUT2D eigenvalue weighted by molar-refractivity contribution is 6.65. The summed E-state index contributed by atoms with van der Waals surface area (Å²) in [5.74, 6) is -48.8. The fourth-order valence-corrected chi connectivity index (χ4v) is 1.97. The summed E-state index contributed by atoms with van der Waals surface area (Å²) in [5.41, 5.74) is -0.168. The summed E-state index contributed by atoms with van der Waals surface area (Å²) in [5, 5.41) is -3.68. The van der Waals surface area contributed by atoms with E-state index in [1.54, 1.807) is 0 Å². The molecule has 0 spiro atoms. The predicted octanol–water partition coefficient (Wildman–Crippen LogP) is 5.31. The van der Waals surface area contributed by atoms with Gasteiger partial charge in [-0.15, -0.1) is 0 Å². The smallest absolute Gasteiger partial charge is 0.410 e. The lowest BCUT2D eigenvalue weighted by atomic mass is 9.91. The first-order chi connectivity index (χ1) is 13.7. The molecule has 0 aliphatic rings. The third-order valence-corrected chi connectivity index (χ3v) is 3.93. The number of benzene rings is 1. The molecule has 3 nitrogen and oxygen atoms in total. The van der Waals surface area contributed by atoms with Crippen LogP contribution in [0.2, 0.25) is 0 Å². The molecule has 0 aromatic heterocycles. The van der Waals surface area contributed by atoms with Crippen molar-refractivity contribution in [1.29, 1.82) is 0 Å². The van der Waals surface area contributed by atoms with Crippen LogP contribution in [0.5, 0.6) is 0 Å². The maximum absolute atomic E-state index is 13.6. The van der Waals surface area contributed by atoms with Crippen LogP contribution in [-0.2, 0) is 20.9 Å². The van der Waals surface area contributed by atoms with Crippen molar-refractivity contribution in [3.05, 3.63) is 35.9 Å². The Morgan fingerprint density at radius 1 is 0.677 bits per heavy atom. The van der Waals surface area contributed by atoms with E-state index in [2.05, 4.69) is 16.3 Å². The zero-order valence-corrected chi connectivity index (χ0v) is 15.0. The van der Waals surface area contributed by atoms with E-state index in [9.17, 15) is 62.3 Å². The standard InChI is InChI=1S/C15H7ClF12O3/c16-8(29)10(17,18)12(21,22)14(25,26)15(27,28)13(23,24)11(19,20)9(30)31-6-7-4-2-1-3-5-7/h1-5H,6H2. The van der Waals surface area contributed by atoms with Gasteiger partial charge in [-0.2, -0.15) is 52.7 Å². The van der Waals surface area contributed by atoms with Gasteiger partial charge in [0.15, 0.2) is 0 Å². The molecule has 0 aliphatic carbocycles. The number of esters is 1. The van der Waals surface area contributed by atoms with Crippen molar-refractivity contribution < 1.29 is 67.0 Å². The minimum atomic E-state index is -8.02. The summed E-state index contributed by atoms with van der Waals surface area (Å²) in [6.07, 6.45) is 0. The summed E-state index contributed by atoms with van der Waals surface area (Å²) in [6, 6.07) is 5.95. The molecule has 0 saturated heterocycles. The highest BCUT2D eigenvalue weighted by Gasteiger charge is 2.92. The summed E-state index contributed by atoms with van der Waals surface area (Å²) >= 11 is 3.91. The average Bonchev–Trinajstić information content (AvgIpc) is 2.65. The second kappa shape index (κ2) is 8.06. The molecule has 0 unspecified atom stereocenters. The lowest BCUT2D eigenvalue weighted by Gasteiger charge is -2.39. The minimum Gasteiger partial charge on any atom is -0.456 e. The topological polar surface area (TPSA) is 43.4 Å². The Labute approximate surface area is 168 Å². The Hall–Kier alpha value is -2.19. The number of carbonyl (C=O) groups excluding carboxylic acids is 2. The molecule has 0 N–H and O–H groups in total. The van der Waals surface area contributed by atoms with E-state index >= 15 is 0 Å². The Balaban J connectivity index is 3.34. The lowest BCUT2D eigenvalue weighted by Crippen LogP contribution is -2.72. The van der Waals surface area contributed by atoms with Gasteiger partial charge in [0.1, 0.15) is 6.61 Å². The van der Waals surface area contributed by atoms with E-state index < -0.39 is 53.4 Å². The number of ether oxygens (including phenoxy) is 1. The third-order valence-electron chi connectivity index (χ3n) is 3.69. The Kier molecular flexibility index (Phi) is 6.98. The molecule has 31 heavy (non-hydrogen) atoms. The summed E-state index contributed by atoms with van der Waals surface area (Å²) in [6.45, 7) is -1.26. The molecule has 1 aromatic carbocycles. The van der Waals surface area contributed by atoms with E-state index in [4.69, 9.17) is 0 Å². The van der Waals surface area contributed by atoms with E-state index in [1.807, 2.05) is 0 Å². The van der Waals surface area contributed by atoms with Gasteiger partial charge < -0.3 is 4.74 Å².